The first-order valence-corrected chi connectivity index (χ1v) is 9.37. The number of ether oxygens (including phenoxy) is 3. The van der Waals surface area contributed by atoms with Gasteiger partial charge in [-0.15, -0.1) is 0 Å². The monoisotopic (exact) mass is 412 g/mol. The van der Waals surface area contributed by atoms with E-state index in [2.05, 4.69) is 4.74 Å². The highest BCUT2D eigenvalue weighted by atomic mass is 16.6. The maximum atomic E-state index is 12.5. The van der Waals surface area contributed by atoms with Gasteiger partial charge in [0, 0.05) is 23.5 Å². The smallest absolute Gasteiger partial charge is 0.347 e. The fourth-order valence-corrected chi connectivity index (χ4v) is 2.92. The molecule has 1 aromatic carbocycles. The Morgan fingerprint density at radius 2 is 1.83 bits per heavy atom. The molecule has 0 spiro atoms. The zero-order chi connectivity index (χ0) is 22.3. The molecule has 0 bridgehead atoms. The van der Waals surface area contributed by atoms with Crippen molar-refractivity contribution in [3.63, 3.8) is 0 Å². The number of hydrogen-bond donors (Lipinski definition) is 0. The fourth-order valence-electron chi connectivity index (χ4n) is 2.92. The van der Waals surface area contributed by atoms with Gasteiger partial charge in [0.1, 0.15) is 5.75 Å². The van der Waals surface area contributed by atoms with Crippen LogP contribution in [0.1, 0.15) is 40.7 Å². The molecule has 0 amide bonds. The molecule has 8 heteroatoms. The van der Waals surface area contributed by atoms with E-state index in [1.165, 1.54) is 14.0 Å². The average molecular weight is 412 g/mol. The van der Waals surface area contributed by atoms with Crippen molar-refractivity contribution in [3.05, 3.63) is 52.8 Å². The molecule has 0 aliphatic rings. The van der Waals surface area contributed by atoms with Gasteiger partial charge in [0.2, 0.25) is 5.78 Å². The van der Waals surface area contributed by atoms with Crippen LogP contribution in [-0.2, 0) is 25.6 Å². The summed E-state index contributed by atoms with van der Waals surface area (Å²) in [5.41, 5.74) is 2.43. The first-order valence-electron chi connectivity index (χ1n) is 9.37. The molecule has 0 unspecified atom stereocenters. The summed E-state index contributed by atoms with van der Waals surface area (Å²) >= 11 is 0. The van der Waals surface area contributed by atoms with Crippen LogP contribution in [0, 0.1) is 25.2 Å². The maximum Gasteiger partial charge on any atom is 0.347 e. The topological polar surface area (TPSA) is 108 Å². The van der Waals surface area contributed by atoms with E-state index in [0.717, 1.165) is 5.69 Å². The van der Waals surface area contributed by atoms with Crippen molar-refractivity contribution in [1.82, 2.24) is 4.57 Å². The SMILES string of the molecule is COC(=O)CCn1c(C)cc(C(=O)COC(=O)[C@H](C)Oc2ccc(C#N)cc2)c1C. The minimum absolute atomic E-state index is 0.194. The van der Waals surface area contributed by atoms with Gasteiger partial charge in [-0.3, -0.25) is 9.59 Å². The summed E-state index contributed by atoms with van der Waals surface area (Å²) in [7, 11) is 1.33. The Morgan fingerprint density at radius 3 is 2.43 bits per heavy atom. The lowest BCUT2D eigenvalue weighted by Gasteiger charge is -2.14. The molecule has 2 rings (SSSR count). The van der Waals surface area contributed by atoms with Gasteiger partial charge < -0.3 is 18.8 Å². The largest absolute Gasteiger partial charge is 0.479 e. The van der Waals surface area contributed by atoms with E-state index in [1.54, 1.807) is 37.3 Å². The predicted octanol–water partition coefficient (Wildman–Crippen LogP) is 2.73. The van der Waals surface area contributed by atoms with E-state index in [4.69, 9.17) is 14.7 Å². The van der Waals surface area contributed by atoms with Crippen molar-refractivity contribution < 1.29 is 28.6 Å². The van der Waals surface area contributed by atoms with E-state index in [9.17, 15) is 14.4 Å². The molecule has 1 atom stereocenters. The van der Waals surface area contributed by atoms with Gasteiger partial charge in [-0.05, 0) is 51.1 Å². The highest BCUT2D eigenvalue weighted by molar-refractivity contribution is 5.99. The Hall–Kier alpha value is -3.60. The molecule has 0 saturated carbocycles. The zero-order valence-corrected chi connectivity index (χ0v) is 17.4. The number of carbonyl (C=O) groups is 3. The zero-order valence-electron chi connectivity index (χ0n) is 17.4. The van der Waals surface area contributed by atoms with Crippen LogP contribution in [0.3, 0.4) is 0 Å². The molecule has 0 aliphatic carbocycles. The Bertz CT molecular complexity index is 969. The Morgan fingerprint density at radius 1 is 1.17 bits per heavy atom. The van der Waals surface area contributed by atoms with E-state index in [0.29, 0.717) is 29.1 Å². The third kappa shape index (κ3) is 5.70. The van der Waals surface area contributed by atoms with E-state index < -0.39 is 18.7 Å². The van der Waals surface area contributed by atoms with Crippen molar-refractivity contribution in [1.29, 1.82) is 5.26 Å². The number of methoxy groups -OCH3 is 1. The van der Waals surface area contributed by atoms with Crippen LogP contribution in [0.5, 0.6) is 5.75 Å². The Labute approximate surface area is 175 Å². The number of aromatic nitrogens is 1. The Kier molecular flexibility index (Phi) is 7.76. The van der Waals surface area contributed by atoms with Crippen molar-refractivity contribution in [2.24, 2.45) is 0 Å². The van der Waals surface area contributed by atoms with Crippen molar-refractivity contribution in [2.45, 2.75) is 39.8 Å². The van der Waals surface area contributed by atoms with Gasteiger partial charge in [-0.1, -0.05) is 0 Å². The lowest BCUT2D eigenvalue weighted by atomic mass is 10.1. The van der Waals surface area contributed by atoms with Crippen molar-refractivity contribution >= 4 is 17.7 Å². The molecule has 0 aliphatic heterocycles. The molecule has 0 fully saturated rings. The van der Waals surface area contributed by atoms with Gasteiger partial charge in [0.05, 0.1) is 25.2 Å². The Balaban J connectivity index is 1.93. The van der Waals surface area contributed by atoms with Crippen molar-refractivity contribution in [2.75, 3.05) is 13.7 Å². The maximum absolute atomic E-state index is 12.5. The molecular formula is C22H24N2O6. The molecule has 1 aromatic heterocycles. The second kappa shape index (κ2) is 10.3. The first-order chi connectivity index (χ1) is 14.3. The summed E-state index contributed by atoms with van der Waals surface area (Å²) < 4.78 is 17.1. The van der Waals surface area contributed by atoms with Crippen LogP contribution >= 0.6 is 0 Å². The van der Waals surface area contributed by atoms with E-state index >= 15 is 0 Å². The van der Waals surface area contributed by atoms with Gasteiger partial charge in [-0.2, -0.15) is 5.26 Å². The molecule has 158 valence electrons. The number of ketones is 1. The van der Waals surface area contributed by atoms with Crippen LogP contribution in [0.4, 0.5) is 0 Å². The molecule has 1 heterocycles. The van der Waals surface area contributed by atoms with Gasteiger partial charge in [-0.25, -0.2) is 4.79 Å². The molecule has 2 aromatic rings. The normalized spacial score (nSPS) is 11.3. The van der Waals surface area contributed by atoms with Crippen LogP contribution in [-0.4, -0.2) is 42.1 Å². The third-order valence-electron chi connectivity index (χ3n) is 4.61. The standard InChI is InChI=1S/C22H24N2O6/c1-14-11-19(15(2)24(14)10-9-21(26)28-4)20(25)13-29-22(27)16(3)30-18-7-5-17(12-23)6-8-18/h5-8,11,16H,9-10,13H2,1-4H3/t16-/m0/s1. The molecule has 0 saturated heterocycles. The quantitative estimate of drug-likeness (QED) is 0.460. The number of nitrogens with zero attached hydrogens (tertiary/aromatic N) is 2. The number of rotatable bonds is 9. The average Bonchev–Trinajstić information content (AvgIpc) is 3.03. The van der Waals surface area contributed by atoms with Crippen LogP contribution < -0.4 is 4.74 Å². The van der Waals surface area contributed by atoms with Gasteiger partial charge in [0.15, 0.2) is 12.7 Å². The number of aryl methyl sites for hydroxylation is 1. The molecule has 0 N–H and O–H groups in total. The van der Waals surface area contributed by atoms with Crippen LogP contribution in [0.15, 0.2) is 30.3 Å². The number of carbonyl (C=O) groups excluding carboxylic acids is 3. The molecule has 0 radical (unpaired) electrons. The highest BCUT2D eigenvalue weighted by Crippen LogP contribution is 2.17. The first kappa shape index (κ1) is 22.7. The van der Waals surface area contributed by atoms with Gasteiger partial charge >= 0.3 is 11.9 Å². The lowest BCUT2D eigenvalue weighted by molar-refractivity contribution is -0.149. The minimum atomic E-state index is -0.918. The highest BCUT2D eigenvalue weighted by Gasteiger charge is 2.21. The fraction of sp³-hybridized carbons (Fsp3) is 0.364. The minimum Gasteiger partial charge on any atom is -0.479 e. The predicted molar refractivity (Wildman–Crippen MR) is 107 cm³/mol. The van der Waals surface area contributed by atoms with Crippen LogP contribution in [0.25, 0.3) is 0 Å². The molecule has 30 heavy (non-hydrogen) atoms. The van der Waals surface area contributed by atoms with Crippen LogP contribution in [0.2, 0.25) is 0 Å². The summed E-state index contributed by atoms with van der Waals surface area (Å²) in [6.45, 7) is 5.11. The second-order valence-corrected chi connectivity index (χ2v) is 6.69. The van der Waals surface area contributed by atoms with Crippen molar-refractivity contribution in [3.8, 4) is 11.8 Å². The second-order valence-electron chi connectivity index (χ2n) is 6.69. The number of benzene rings is 1. The summed E-state index contributed by atoms with van der Waals surface area (Å²) in [5, 5.41) is 8.80. The summed E-state index contributed by atoms with van der Waals surface area (Å²) in [4.78, 5) is 36.1. The third-order valence-corrected chi connectivity index (χ3v) is 4.61. The number of Topliss-reactive ketones (excluding diaryl/α,β-unsaturated/α-hetero) is 1. The molecular weight excluding hydrogens is 388 g/mol. The van der Waals surface area contributed by atoms with E-state index in [1.807, 2.05) is 17.6 Å². The number of nitriles is 1. The number of hydrogen-bond acceptors (Lipinski definition) is 7. The van der Waals surface area contributed by atoms with E-state index in [-0.39, 0.29) is 18.2 Å². The summed E-state index contributed by atoms with van der Waals surface area (Å²) in [5.74, 6) is -0.932. The van der Waals surface area contributed by atoms with Gasteiger partial charge in [0.25, 0.3) is 0 Å². The summed E-state index contributed by atoms with van der Waals surface area (Å²) in [6.07, 6.45) is -0.724. The summed E-state index contributed by atoms with van der Waals surface area (Å²) in [6, 6.07) is 10.0. The number of esters is 2. The molecule has 8 nitrogen and oxygen atoms in total. The lowest BCUT2D eigenvalue weighted by Crippen LogP contribution is -2.28.